The predicted molar refractivity (Wildman–Crippen MR) is 73.1 cm³/mol. The second-order valence-corrected chi connectivity index (χ2v) is 4.61. The van der Waals surface area contributed by atoms with E-state index in [4.69, 9.17) is 4.74 Å². The molecule has 0 aliphatic carbocycles. The third-order valence-corrected chi connectivity index (χ3v) is 2.58. The molecular weight excluding hydrogens is 228 g/mol. The first-order chi connectivity index (χ1) is 8.52. The highest BCUT2D eigenvalue weighted by Crippen LogP contribution is 2.18. The number of aryl methyl sites for hydroxylation is 1. The fourth-order valence-electron chi connectivity index (χ4n) is 1.73. The Labute approximate surface area is 109 Å². The van der Waals surface area contributed by atoms with Gasteiger partial charge in [0, 0.05) is 12.6 Å². The molecule has 0 saturated heterocycles. The number of carbonyl (C=O) groups excluding carboxylic acids is 1. The number of hydrogen-bond donors (Lipinski definition) is 2. The third kappa shape index (κ3) is 4.65. The molecule has 1 aromatic carbocycles. The Kier molecular flexibility index (Phi) is 5.49. The number of amides is 2. The minimum Gasteiger partial charge on any atom is -0.496 e. The number of urea groups is 1. The normalized spacial score (nSPS) is 10.3. The van der Waals surface area contributed by atoms with Crippen molar-refractivity contribution in [2.75, 3.05) is 13.7 Å². The van der Waals surface area contributed by atoms with E-state index in [0.29, 0.717) is 6.54 Å². The van der Waals surface area contributed by atoms with Gasteiger partial charge in [-0.3, -0.25) is 0 Å². The maximum absolute atomic E-state index is 11.4. The number of ether oxygens (including phenoxy) is 1. The first-order valence-electron chi connectivity index (χ1n) is 6.21. The maximum atomic E-state index is 11.4. The molecule has 4 nitrogen and oxygen atoms in total. The van der Waals surface area contributed by atoms with Gasteiger partial charge in [-0.1, -0.05) is 12.1 Å². The van der Waals surface area contributed by atoms with Gasteiger partial charge in [0.1, 0.15) is 5.75 Å². The zero-order valence-electron chi connectivity index (χ0n) is 11.5. The van der Waals surface area contributed by atoms with E-state index < -0.39 is 0 Å². The van der Waals surface area contributed by atoms with Crippen molar-refractivity contribution < 1.29 is 9.53 Å². The Hall–Kier alpha value is -1.71. The molecule has 0 saturated carbocycles. The molecule has 100 valence electrons. The lowest BCUT2D eigenvalue weighted by atomic mass is 10.1. The minimum absolute atomic E-state index is 0.116. The van der Waals surface area contributed by atoms with E-state index in [1.165, 1.54) is 5.56 Å². The summed E-state index contributed by atoms with van der Waals surface area (Å²) in [4.78, 5) is 11.4. The van der Waals surface area contributed by atoms with Crippen LogP contribution in [0.5, 0.6) is 5.75 Å². The summed E-state index contributed by atoms with van der Waals surface area (Å²) >= 11 is 0. The van der Waals surface area contributed by atoms with Crippen LogP contribution < -0.4 is 15.4 Å². The van der Waals surface area contributed by atoms with E-state index >= 15 is 0 Å². The number of rotatable bonds is 5. The van der Waals surface area contributed by atoms with Crippen molar-refractivity contribution in [3.8, 4) is 5.75 Å². The van der Waals surface area contributed by atoms with Crippen LogP contribution in [0.4, 0.5) is 4.79 Å². The molecule has 0 bridgehead atoms. The SMILES string of the molecule is COc1ccc(CCNC(=O)NC(C)C)cc1C. The number of benzene rings is 1. The Bertz CT molecular complexity index is 403. The minimum atomic E-state index is -0.116. The highest BCUT2D eigenvalue weighted by atomic mass is 16.5. The topological polar surface area (TPSA) is 50.4 Å². The van der Waals surface area contributed by atoms with Crippen molar-refractivity contribution in [2.45, 2.75) is 33.2 Å². The van der Waals surface area contributed by atoms with Gasteiger partial charge in [0.15, 0.2) is 0 Å². The monoisotopic (exact) mass is 250 g/mol. The van der Waals surface area contributed by atoms with Crippen molar-refractivity contribution >= 4 is 6.03 Å². The van der Waals surface area contributed by atoms with E-state index in [2.05, 4.69) is 16.7 Å². The molecule has 2 amide bonds. The van der Waals surface area contributed by atoms with Crippen LogP contribution in [0.25, 0.3) is 0 Å². The van der Waals surface area contributed by atoms with E-state index in [9.17, 15) is 4.79 Å². The van der Waals surface area contributed by atoms with Gasteiger partial charge in [-0.05, 0) is 44.4 Å². The lowest BCUT2D eigenvalue weighted by Crippen LogP contribution is -2.40. The second kappa shape index (κ2) is 6.89. The number of nitrogens with one attached hydrogen (secondary N) is 2. The highest BCUT2D eigenvalue weighted by molar-refractivity contribution is 5.74. The molecule has 18 heavy (non-hydrogen) atoms. The van der Waals surface area contributed by atoms with Gasteiger partial charge in [0.05, 0.1) is 7.11 Å². The fraction of sp³-hybridized carbons (Fsp3) is 0.500. The summed E-state index contributed by atoms with van der Waals surface area (Å²) in [6.45, 7) is 6.52. The van der Waals surface area contributed by atoms with Gasteiger partial charge in [-0.25, -0.2) is 4.79 Å². The third-order valence-electron chi connectivity index (χ3n) is 2.58. The van der Waals surface area contributed by atoms with Crippen LogP contribution in [-0.4, -0.2) is 25.7 Å². The standard InChI is InChI=1S/C14H22N2O2/c1-10(2)16-14(17)15-8-7-12-5-6-13(18-4)11(3)9-12/h5-6,9-10H,7-8H2,1-4H3,(H2,15,16,17). The second-order valence-electron chi connectivity index (χ2n) is 4.61. The van der Waals surface area contributed by atoms with Crippen LogP contribution in [-0.2, 0) is 6.42 Å². The lowest BCUT2D eigenvalue weighted by Gasteiger charge is -2.11. The summed E-state index contributed by atoms with van der Waals surface area (Å²) in [6.07, 6.45) is 0.816. The van der Waals surface area contributed by atoms with Gasteiger partial charge < -0.3 is 15.4 Å². The summed E-state index contributed by atoms with van der Waals surface area (Å²) < 4.78 is 5.21. The first kappa shape index (κ1) is 14.4. The number of carbonyl (C=O) groups is 1. The smallest absolute Gasteiger partial charge is 0.314 e. The first-order valence-corrected chi connectivity index (χ1v) is 6.21. The van der Waals surface area contributed by atoms with Crippen LogP contribution in [0.3, 0.4) is 0 Å². The summed E-state index contributed by atoms with van der Waals surface area (Å²) in [7, 11) is 1.67. The van der Waals surface area contributed by atoms with E-state index in [1.807, 2.05) is 32.9 Å². The van der Waals surface area contributed by atoms with Crippen molar-refractivity contribution in [3.63, 3.8) is 0 Å². The summed E-state index contributed by atoms with van der Waals surface area (Å²) in [5.41, 5.74) is 2.31. The zero-order chi connectivity index (χ0) is 13.5. The molecule has 0 spiro atoms. The number of methoxy groups -OCH3 is 1. The molecular formula is C14H22N2O2. The molecule has 0 fully saturated rings. The van der Waals surface area contributed by atoms with E-state index in [1.54, 1.807) is 7.11 Å². The molecule has 4 heteroatoms. The average molecular weight is 250 g/mol. The van der Waals surface area contributed by atoms with Crippen molar-refractivity contribution in [1.82, 2.24) is 10.6 Å². The zero-order valence-corrected chi connectivity index (χ0v) is 11.5. The molecule has 0 heterocycles. The van der Waals surface area contributed by atoms with E-state index in [-0.39, 0.29) is 12.1 Å². The van der Waals surface area contributed by atoms with Crippen LogP contribution in [0.1, 0.15) is 25.0 Å². The Morgan fingerprint density at radius 2 is 2.11 bits per heavy atom. The van der Waals surface area contributed by atoms with Crippen LogP contribution >= 0.6 is 0 Å². The van der Waals surface area contributed by atoms with Crippen molar-refractivity contribution in [2.24, 2.45) is 0 Å². The molecule has 0 aliphatic rings. The largest absolute Gasteiger partial charge is 0.496 e. The molecule has 0 unspecified atom stereocenters. The van der Waals surface area contributed by atoms with Crippen molar-refractivity contribution in [3.05, 3.63) is 29.3 Å². The molecule has 0 radical (unpaired) electrons. The molecule has 2 N–H and O–H groups in total. The van der Waals surface area contributed by atoms with Gasteiger partial charge in [0.2, 0.25) is 0 Å². The van der Waals surface area contributed by atoms with Gasteiger partial charge in [0.25, 0.3) is 0 Å². The fourth-order valence-corrected chi connectivity index (χ4v) is 1.73. The average Bonchev–Trinajstić information content (AvgIpc) is 2.28. The van der Waals surface area contributed by atoms with Gasteiger partial charge in [-0.2, -0.15) is 0 Å². The predicted octanol–water partition coefficient (Wildman–Crippen LogP) is 2.25. The Morgan fingerprint density at radius 1 is 1.39 bits per heavy atom. The Balaban J connectivity index is 2.40. The van der Waals surface area contributed by atoms with Crippen LogP contribution in [0, 0.1) is 6.92 Å². The Morgan fingerprint density at radius 3 is 2.67 bits per heavy atom. The summed E-state index contributed by atoms with van der Waals surface area (Å²) in [6, 6.07) is 6.11. The van der Waals surface area contributed by atoms with Gasteiger partial charge >= 0.3 is 6.03 Å². The maximum Gasteiger partial charge on any atom is 0.314 e. The van der Waals surface area contributed by atoms with Crippen LogP contribution in [0.2, 0.25) is 0 Å². The van der Waals surface area contributed by atoms with E-state index in [0.717, 1.165) is 17.7 Å². The van der Waals surface area contributed by atoms with Gasteiger partial charge in [-0.15, -0.1) is 0 Å². The van der Waals surface area contributed by atoms with Crippen molar-refractivity contribution in [1.29, 1.82) is 0 Å². The summed E-state index contributed by atoms with van der Waals surface area (Å²) in [5.74, 6) is 0.893. The summed E-state index contributed by atoms with van der Waals surface area (Å²) in [5, 5.41) is 5.62. The molecule has 0 atom stereocenters. The number of hydrogen-bond acceptors (Lipinski definition) is 2. The lowest BCUT2D eigenvalue weighted by molar-refractivity contribution is 0.238. The highest BCUT2D eigenvalue weighted by Gasteiger charge is 2.03. The van der Waals surface area contributed by atoms with Crippen LogP contribution in [0.15, 0.2) is 18.2 Å². The molecule has 0 aliphatic heterocycles. The molecule has 1 rings (SSSR count). The molecule has 0 aromatic heterocycles. The quantitative estimate of drug-likeness (QED) is 0.842. The molecule has 1 aromatic rings.